The second-order valence-electron chi connectivity index (χ2n) is 6.40. The minimum atomic E-state index is 0.445. The molecule has 0 unspecified atom stereocenters. The van der Waals surface area contributed by atoms with Crippen LogP contribution in [0.4, 0.5) is 11.6 Å². The maximum Gasteiger partial charge on any atom is 0.145 e. The van der Waals surface area contributed by atoms with Gasteiger partial charge in [0.1, 0.15) is 11.6 Å². The Morgan fingerprint density at radius 3 is 2.92 bits per heavy atom. The molecule has 0 amide bonds. The lowest BCUT2D eigenvalue weighted by Crippen LogP contribution is -2.36. The largest absolute Gasteiger partial charge is 0.366 e. The number of aromatic nitrogens is 3. The topological polar surface area (TPSA) is 69.2 Å². The maximum absolute atomic E-state index is 6.21. The third-order valence-electron chi connectivity index (χ3n) is 4.48. The van der Waals surface area contributed by atoms with Gasteiger partial charge in [-0.25, -0.2) is 9.98 Å². The molecule has 0 bridgehead atoms. The standard InChI is InChI=1S/C18H23ClN6/c1-12(8-14-15(19)9-22-18(14)20-2)16-10-21-11-17(24-16)23-13-4-6-25(3)7-5-13/h8-11,13,22H,2,4-7H2,1,3H3,(H,23,24)/b12-8+. The number of piperidine rings is 1. The Morgan fingerprint density at radius 1 is 1.44 bits per heavy atom. The van der Waals surface area contributed by atoms with Gasteiger partial charge in [0.2, 0.25) is 0 Å². The van der Waals surface area contributed by atoms with E-state index in [2.05, 4.69) is 38.9 Å². The van der Waals surface area contributed by atoms with Crippen LogP contribution < -0.4 is 5.32 Å². The molecule has 0 saturated carbocycles. The first kappa shape index (κ1) is 17.6. The third kappa shape index (κ3) is 4.27. The Kier molecular flexibility index (Phi) is 5.50. The summed E-state index contributed by atoms with van der Waals surface area (Å²) in [7, 11) is 2.16. The van der Waals surface area contributed by atoms with Gasteiger partial charge < -0.3 is 15.2 Å². The van der Waals surface area contributed by atoms with E-state index in [1.807, 2.05) is 13.0 Å². The van der Waals surface area contributed by atoms with Crippen molar-refractivity contribution in [1.82, 2.24) is 19.9 Å². The first-order chi connectivity index (χ1) is 12.1. The zero-order chi connectivity index (χ0) is 17.8. The van der Waals surface area contributed by atoms with E-state index >= 15 is 0 Å². The Labute approximate surface area is 153 Å². The van der Waals surface area contributed by atoms with Crippen LogP contribution in [0.2, 0.25) is 5.02 Å². The molecule has 0 spiro atoms. The number of halogens is 1. The number of nitrogens with one attached hydrogen (secondary N) is 2. The van der Waals surface area contributed by atoms with Crippen molar-refractivity contribution in [2.24, 2.45) is 4.99 Å². The zero-order valence-electron chi connectivity index (χ0n) is 14.6. The fourth-order valence-corrected chi connectivity index (χ4v) is 3.15. The van der Waals surface area contributed by atoms with Crippen molar-refractivity contribution in [3.8, 4) is 0 Å². The van der Waals surface area contributed by atoms with E-state index in [4.69, 9.17) is 16.6 Å². The highest BCUT2D eigenvalue weighted by atomic mass is 35.5. The molecule has 132 valence electrons. The number of likely N-dealkylation sites (tertiary alicyclic amines) is 1. The van der Waals surface area contributed by atoms with Crippen LogP contribution in [-0.4, -0.2) is 52.7 Å². The molecular formula is C18H23ClN6. The van der Waals surface area contributed by atoms with Gasteiger partial charge in [0.25, 0.3) is 0 Å². The molecule has 1 aliphatic rings. The molecule has 0 aliphatic carbocycles. The quantitative estimate of drug-likeness (QED) is 0.796. The molecule has 0 radical (unpaired) electrons. The Morgan fingerprint density at radius 2 is 2.20 bits per heavy atom. The molecule has 25 heavy (non-hydrogen) atoms. The predicted molar refractivity (Wildman–Crippen MR) is 105 cm³/mol. The van der Waals surface area contributed by atoms with E-state index in [0.29, 0.717) is 16.9 Å². The summed E-state index contributed by atoms with van der Waals surface area (Å²) in [4.78, 5) is 18.3. The summed E-state index contributed by atoms with van der Waals surface area (Å²) in [6.07, 6.45) is 9.41. The normalized spacial score (nSPS) is 16.8. The smallest absolute Gasteiger partial charge is 0.145 e. The number of rotatable bonds is 5. The van der Waals surface area contributed by atoms with Gasteiger partial charge >= 0.3 is 0 Å². The fraction of sp³-hybridized carbons (Fsp3) is 0.389. The molecule has 0 atom stereocenters. The number of hydrogen-bond acceptors (Lipinski definition) is 5. The number of H-pyrrole nitrogens is 1. The van der Waals surface area contributed by atoms with Gasteiger partial charge in [0.15, 0.2) is 0 Å². The van der Waals surface area contributed by atoms with Crippen LogP contribution in [0, 0.1) is 0 Å². The van der Waals surface area contributed by atoms with E-state index in [9.17, 15) is 0 Å². The van der Waals surface area contributed by atoms with Crippen LogP contribution >= 0.6 is 11.6 Å². The average Bonchev–Trinajstić information content (AvgIpc) is 2.97. The average molecular weight is 359 g/mol. The highest BCUT2D eigenvalue weighted by Gasteiger charge is 2.17. The third-order valence-corrected chi connectivity index (χ3v) is 4.79. The van der Waals surface area contributed by atoms with E-state index in [1.165, 1.54) is 0 Å². The summed E-state index contributed by atoms with van der Waals surface area (Å²) >= 11 is 6.21. The van der Waals surface area contributed by atoms with Crippen molar-refractivity contribution in [2.45, 2.75) is 25.8 Å². The number of aliphatic imine (C=N–C) groups is 1. The van der Waals surface area contributed by atoms with E-state index in [1.54, 1.807) is 18.6 Å². The highest BCUT2D eigenvalue weighted by Crippen LogP contribution is 2.30. The molecule has 6 nitrogen and oxygen atoms in total. The molecular weight excluding hydrogens is 336 g/mol. The van der Waals surface area contributed by atoms with Crippen LogP contribution in [-0.2, 0) is 0 Å². The summed E-state index contributed by atoms with van der Waals surface area (Å²) in [5, 5.41) is 4.11. The molecule has 7 heteroatoms. The first-order valence-corrected chi connectivity index (χ1v) is 8.74. The van der Waals surface area contributed by atoms with E-state index in [0.717, 1.165) is 48.6 Å². The summed E-state index contributed by atoms with van der Waals surface area (Å²) < 4.78 is 0. The minimum Gasteiger partial charge on any atom is -0.366 e. The molecule has 3 rings (SSSR count). The second-order valence-corrected chi connectivity index (χ2v) is 6.80. The lowest BCUT2D eigenvalue weighted by molar-refractivity contribution is 0.263. The van der Waals surface area contributed by atoms with Crippen LogP contribution in [0.15, 0.2) is 23.6 Å². The van der Waals surface area contributed by atoms with Crippen LogP contribution in [0.25, 0.3) is 11.6 Å². The van der Waals surface area contributed by atoms with Crippen molar-refractivity contribution >= 4 is 41.6 Å². The lowest BCUT2D eigenvalue weighted by atomic mass is 10.1. The van der Waals surface area contributed by atoms with Crippen LogP contribution in [0.3, 0.4) is 0 Å². The van der Waals surface area contributed by atoms with Gasteiger partial charge in [-0.05, 0) is 58.3 Å². The lowest BCUT2D eigenvalue weighted by Gasteiger charge is -2.29. The number of hydrogen-bond donors (Lipinski definition) is 2. The summed E-state index contributed by atoms with van der Waals surface area (Å²) in [6, 6.07) is 0.445. The summed E-state index contributed by atoms with van der Waals surface area (Å²) in [6.45, 7) is 7.75. The van der Waals surface area contributed by atoms with Crippen LogP contribution in [0.5, 0.6) is 0 Å². The molecule has 2 aromatic rings. The van der Waals surface area contributed by atoms with Crippen molar-refractivity contribution in [1.29, 1.82) is 0 Å². The summed E-state index contributed by atoms with van der Waals surface area (Å²) in [5.41, 5.74) is 2.58. The minimum absolute atomic E-state index is 0.445. The van der Waals surface area contributed by atoms with Gasteiger partial charge in [-0.3, -0.25) is 4.98 Å². The Balaban J connectivity index is 1.77. The molecule has 0 aromatic carbocycles. The predicted octanol–water partition coefficient (Wildman–Crippen LogP) is 3.86. The van der Waals surface area contributed by atoms with Gasteiger partial charge in [-0.1, -0.05) is 11.6 Å². The molecule has 1 aliphatic heterocycles. The summed E-state index contributed by atoms with van der Waals surface area (Å²) in [5.74, 6) is 1.46. The van der Waals surface area contributed by atoms with Crippen molar-refractivity contribution in [2.75, 3.05) is 25.5 Å². The van der Waals surface area contributed by atoms with E-state index < -0.39 is 0 Å². The van der Waals surface area contributed by atoms with Crippen molar-refractivity contribution in [3.63, 3.8) is 0 Å². The zero-order valence-corrected chi connectivity index (χ0v) is 15.3. The molecule has 2 N–H and O–H groups in total. The van der Waals surface area contributed by atoms with E-state index in [-0.39, 0.29) is 0 Å². The van der Waals surface area contributed by atoms with Gasteiger partial charge in [-0.2, -0.15) is 0 Å². The van der Waals surface area contributed by atoms with Crippen molar-refractivity contribution in [3.05, 3.63) is 34.9 Å². The number of anilines is 1. The monoisotopic (exact) mass is 358 g/mol. The van der Waals surface area contributed by atoms with Gasteiger partial charge in [-0.15, -0.1) is 0 Å². The van der Waals surface area contributed by atoms with Gasteiger partial charge in [0.05, 0.1) is 23.1 Å². The maximum atomic E-state index is 6.21. The molecule has 2 aromatic heterocycles. The first-order valence-electron chi connectivity index (χ1n) is 8.36. The molecule has 1 saturated heterocycles. The number of allylic oxidation sites excluding steroid dienone is 1. The Hall–Kier alpha value is -2.18. The van der Waals surface area contributed by atoms with Gasteiger partial charge in [0, 0.05) is 17.8 Å². The van der Waals surface area contributed by atoms with Crippen LogP contribution in [0.1, 0.15) is 31.0 Å². The highest BCUT2D eigenvalue weighted by molar-refractivity contribution is 6.32. The Bertz CT molecular complexity index is 774. The fourth-order valence-electron chi connectivity index (χ4n) is 2.95. The SMILES string of the molecule is C=Nc1[nH]cc(Cl)c1/C=C(\C)c1cncc(NC2CCN(C)CC2)n1. The number of aromatic amines is 1. The molecule has 1 fully saturated rings. The molecule has 3 heterocycles. The van der Waals surface area contributed by atoms with Crippen molar-refractivity contribution < 1.29 is 0 Å². The second kappa shape index (κ2) is 7.80. The number of nitrogens with zero attached hydrogens (tertiary/aromatic N) is 4.